The number of nitrogens with one attached hydrogen (secondary N) is 1. The van der Waals surface area contributed by atoms with Gasteiger partial charge in [-0.2, -0.15) is 0 Å². The third kappa shape index (κ3) is 4.68. The molecule has 0 aliphatic rings. The first kappa shape index (κ1) is 15.2. The van der Waals surface area contributed by atoms with Crippen molar-refractivity contribution in [2.45, 2.75) is 13.0 Å². The predicted molar refractivity (Wildman–Crippen MR) is 85.5 cm³/mol. The number of nitrogens with two attached hydrogens (primary N) is 1. The molecule has 110 valence electrons. The summed E-state index contributed by atoms with van der Waals surface area (Å²) >= 11 is 5.69. The monoisotopic (exact) mass is 304 g/mol. The van der Waals surface area contributed by atoms with E-state index in [1.54, 1.807) is 12.1 Å². The average molecular weight is 305 g/mol. The summed E-state index contributed by atoms with van der Waals surface area (Å²) in [4.78, 5) is 11.7. The highest BCUT2D eigenvalue weighted by Gasteiger charge is 2.06. The number of amides is 1. The van der Waals surface area contributed by atoms with E-state index in [2.05, 4.69) is 5.32 Å². The molecule has 0 aliphatic heterocycles. The number of anilines is 2. The molecule has 0 atom stereocenters. The Morgan fingerprint density at radius 1 is 1.19 bits per heavy atom. The fraction of sp³-hybridized carbons (Fsp3) is 0.188. The van der Waals surface area contributed by atoms with Crippen molar-refractivity contribution in [1.82, 2.24) is 0 Å². The standard InChI is InChI=1S/C16H17ClN2O2/c17-9-8-13-6-7-14(10-15(13)18)19-16(20)21-11-12-4-2-1-3-5-12/h1-7,10H,8-9,11,18H2,(H,19,20). The first-order valence-corrected chi connectivity index (χ1v) is 7.14. The molecule has 0 heterocycles. The zero-order valence-corrected chi connectivity index (χ0v) is 12.3. The number of benzene rings is 2. The summed E-state index contributed by atoms with van der Waals surface area (Å²) in [5.41, 5.74) is 9.01. The van der Waals surface area contributed by atoms with E-state index < -0.39 is 6.09 Å². The molecule has 0 saturated carbocycles. The zero-order chi connectivity index (χ0) is 15.1. The summed E-state index contributed by atoms with van der Waals surface area (Å²) < 4.78 is 5.14. The number of carbonyl (C=O) groups is 1. The molecule has 21 heavy (non-hydrogen) atoms. The van der Waals surface area contributed by atoms with Crippen LogP contribution in [0.3, 0.4) is 0 Å². The zero-order valence-electron chi connectivity index (χ0n) is 11.5. The minimum absolute atomic E-state index is 0.229. The van der Waals surface area contributed by atoms with Crippen molar-refractivity contribution in [3.63, 3.8) is 0 Å². The van der Waals surface area contributed by atoms with Gasteiger partial charge in [-0.05, 0) is 29.7 Å². The molecule has 4 nitrogen and oxygen atoms in total. The second kappa shape index (κ2) is 7.55. The van der Waals surface area contributed by atoms with E-state index in [1.165, 1.54) is 0 Å². The fourth-order valence-electron chi connectivity index (χ4n) is 1.88. The summed E-state index contributed by atoms with van der Waals surface area (Å²) in [5.74, 6) is 0.510. The van der Waals surface area contributed by atoms with Gasteiger partial charge in [0.2, 0.25) is 0 Å². The molecule has 0 saturated heterocycles. The topological polar surface area (TPSA) is 64.3 Å². The summed E-state index contributed by atoms with van der Waals surface area (Å²) in [6.07, 6.45) is 0.190. The second-order valence-corrected chi connectivity index (χ2v) is 4.92. The lowest BCUT2D eigenvalue weighted by molar-refractivity contribution is 0.155. The van der Waals surface area contributed by atoms with Crippen LogP contribution in [0, 0.1) is 0 Å². The number of hydrogen-bond acceptors (Lipinski definition) is 3. The van der Waals surface area contributed by atoms with Gasteiger partial charge in [0.1, 0.15) is 6.61 Å². The molecule has 1 amide bonds. The van der Waals surface area contributed by atoms with E-state index in [0.717, 1.165) is 11.1 Å². The van der Waals surface area contributed by atoms with Crippen LogP contribution < -0.4 is 11.1 Å². The highest BCUT2D eigenvalue weighted by atomic mass is 35.5. The minimum atomic E-state index is -0.511. The smallest absolute Gasteiger partial charge is 0.411 e. The lowest BCUT2D eigenvalue weighted by Crippen LogP contribution is -2.13. The lowest BCUT2D eigenvalue weighted by atomic mass is 10.1. The maximum atomic E-state index is 11.7. The average Bonchev–Trinajstić information content (AvgIpc) is 2.49. The van der Waals surface area contributed by atoms with E-state index in [1.807, 2.05) is 36.4 Å². The number of aryl methyl sites for hydroxylation is 1. The van der Waals surface area contributed by atoms with Gasteiger partial charge >= 0.3 is 6.09 Å². The Labute approximate surface area is 128 Å². The van der Waals surface area contributed by atoms with Crippen LogP contribution in [0.15, 0.2) is 48.5 Å². The van der Waals surface area contributed by atoms with Gasteiger partial charge < -0.3 is 10.5 Å². The molecule has 0 aliphatic carbocycles. The van der Waals surface area contributed by atoms with E-state index in [-0.39, 0.29) is 6.61 Å². The molecule has 2 aromatic rings. The van der Waals surface area contributed by atoms with Gasteiger partial charge in [-0.3, -0.25) is 5.32 Å². The van der Waals surface area contributed by atoms with Crippen LogP contribution in [0.5, 0.6) is 0 Å². The third-order valence-corrected chi connectivity index (χ3v) is 3.16. The van der Waals surface area contributed by atoms with Gasteiger partial charge in [0.25, 0.3) is 0 Å². The van der Waals surface area contributed by atoms with Crippen LogP contribution in [0.25, 0.3) is 0 Å². The maximum Gasteiger partial charge on any atom is 0.411 e. The number of alkyl halides is 1. The number of hydrogen-bond donors (Lipinski definition) is 2. The normalized spacial score (nSPS) is 10.1. The molecule has 0 spiro atoms. The van der Waals surface area contributed by atoms with Gasteiger partial charge in [-0.1, -0.05) is 36.4 Å². The molecule has 3 N–H and O–H groups in total. The Hall–Kier alpha value is -2.20. The highest BCUT2D eigenvalue weighted by molar-refractivity contribution is 6.18. The molecule has 0 unspecified atom stereocenters. The first-order chi connectivity index (χ1) is 10.2. The molecule has 0 aromatic heterocycles. The molecular formula is C16H17ClN2O2. The van der Waals surface area contributed by atoms with Crippen molar-refractivity contribution >= 4 is 29.1 Å². The number of carbonyl (C=O) groups excluding carboxylic acids is 1. The summed E-state index contributed by atoms with van der Waals surface area (Å²) in [6, 6.07) is 14.8. The van der Waals surface area contributed by atoms with Crippen molar-refractivity contribution in [3.05, 3.63) is 59.7 Å². The molecule has 0 radical (unpaired) electrons. The molecule has 2 aromatic carbocycles. The lowest BCUT2D eigenvalue weighted by Gasteiger charge is -2.09. The van der Waals surface area contributed by atoms with Crippen LogP contribution >= 0.6 is 11.6 Å². The second-order valence-electron chi connectivity index (χ2n) is 4.54. The van der Waals surface area contributed by atoms with E-state index in [0.29, 0.717) is 23.7 Å². The van der Waals surface area contributed by atoms with E-state index >= 15 is 0 Å². The molecular weight excluding hydrogens is 288 g/mol. The Bertz CT molecular complexity index is 602. The number of halogens is 1. The largest absolute Gasteiger partial charge is 0.444 e. The summed E-state index contributed by atoms with van der Waals surface area (Å²) in [5, 5.41) is 2.65. The van der Waals surface area contributed by atoms with Crippen molar-refractivity contribution in [2.75, 3.05) is 16.9 Å². The van der Waals surface area contributed by atoms with Crippen molar-refractivity contribution < 1.29 is 9.53 Å². The van der Waals surface area contributed by atoms with Crippen molar-refractivity contribution in [2.24, 2.45) is 0 Å². The Morgan fingerprint density at radius 2 is 1.95 bits per heavy atom. The number of rotatable bonds is 5. The van der Waals surface area contributed by atoms with Gasteiger partial charge in [-0.25, -0.2) is 4.79 Å². The SMILES string of the molecule is Nc1cc(NC(=O)OCc2ccccc2)ccc1CCCl. The quantitative estimate of drug-likeness (QED) is 0.652. The highest BCUT2D eigenvalue weighted by Crippen LogP contribution is 2.19. The molecule has 5 heteroatoms. The summed E-state index contributed by atoms with van der Waals surface area (Å²) in [7, 11) is 0. The summed E-state index contributed by atoms with van der Waals surface area (Å²) in [6.45, 7) is 0.229. The Balaban J connectivity index is 1.89. The maximum absolute atomic E-state index is 11.7. The molecule has 2 rings (SSSR count). The van der Waals surface area contributed by atoms with Gasteiger partial charge in [0, 0.05) is 17.3 Å². The van der Waals surface area contributed by atoms with E-state index in [9.17, 15) is 4.79 Å². The number of ether oxygens (including phenoxy) is 1. The van der Waals surface area contributed by atoms with Crippen LogP contribution in [-0.2, 0) is 17.8 Å². The van der Waals surface area contributed by atoms with E-state index in [4.69, 9.17) is 22.1 Å². The van der Waals surface area contributed by atoms with Crippen LogP contribution in [-0.4, -0.2) is 12.0 Å². The van der Waals surface area contributed by atoms with Gasteiger partial charge in [0.15, 0.2) is 0 Å². The Kier molecular flexibility index (Phi) is 5.46. The van der Waals surface area contributed by atoms with Crippen LogP contribution in [0.2, 0.25) is 0 Å². The molecule has 0 bridgehead atoms. The number of nitrogen functional groups attached to an aromatic ring is 1. The minimum Gasteiger partial charge on any atom is -0.444 e. The first-order valence-electron chi connectivity index (χ1n) is 6.61. The Morgan fingerprint density at radius 3 is 2.62 bits per heavy atom. The van der Waals surface area contributed by atoms with Gasteiger partial charge in [-0.15, -0.1) is 11.6 Å². The van der Waals surface area contributed by atoms with Crippen molar-refractivity contribution in [3.8, 4) is 0 Å². The van der Waals surface area contributed by atoms with Crippen LogP contribution in [0.4, 0.5) is 16.2 Å². The van der Waals surface area contributed by atoms with Crippen molar-refractivity contribution in [1.29, 1.82) is 0 Å². The fourth-order valence-corrected chi connectivity index (χ4v) is 2.08. The molecule has 0 fully saturated rings. The third-order valence-electron chi connectivity index (χ3n) is 2.97. The predicted octanol–water partition coefficient (Wildman–Crippen LogP) is 3.80. The van der Waals surface area contributed by atoms with Crippen LogP contribution in [0.1, 0.15) is 11.1 Å². The van der Waals surface area contributed by atoms with Gasteiger partial charge in [0.05, 0.1) is 0 Å².